The Labute approximate surface area is 91.2 Å². The Hall–Kier alpha value is -1.06. The minimum Gasteiger partial charge on any atom is -0.387 e. The first kappa shape index (κ1) is 15.9. The van der Waals surface area contributed by atoms with Crippen LogP contribution in [0.4, 0.5) is 30.7 Å². The van der Waals surface area contributed by atoms with Crippen molar-refractivity contribution in [3.05, 3.63) is 0 Å². The fourth-order valence-electron chi connectivity index (χ4n) is 0.736. The first-order chi connectivity index (χ1) is 7.48. The minimum atomic E-state index is -4.95. The van der Waals surface area contributed by atoms with E-state index in [1.54, 1.807) is 0 Å². The lowest BCUT2D eigenvalue weighted by molar-refractivity contribution is -0.193. The van der Waals surface area contributed by atoms with E-state index < -0.39 is 43.5 Å². The average Bonchev–Trinajstić information content (AvgIpc) is 2.09. The number of alkyl halides is 7. The zero-order chi connectivity index (χ0) is 13.9. The smallest absolute Gasteiger partial charge is 0.387 e. The number of nitrogens with two attached hydrogens (primary N) is 1. The molecule has 0 aromatic rings. The van der Waals surface area contributed by atoms with Crippen LogP contribution >= 0.6 is 0 Å². The molecule has 0 saturated carbocycles. The van der Waals surface area contributed by atoms with Crippen molar-refractivity contribution < 1.29 is 35.5 Å². The molecule has 0 spiro atoms. The first-order valence-electron chi connectivity index (χ1n) is 4.13. The van der Waals surface area contributed by atoms with Crippen molar-refractivity contribution >= 4 is 5.84 Å². The van der Waals surface area contributed by atoms with Crippen LogP contribution in [0.2, 0.25) is 0 Å². The Morgan fingerprint density at radius 2 is 1.65 bits per heavy atom. The summed E-state index contributed by atoms with van der Waals surface area (Å²) in [6.07, 6.45) is -8.99. The van der Waals surface area contributed by atoms with E-state index in [0.717, 1.165) is 0 Å². The van der Waals surface area contributed by atoms with Gasteiger partial charge in [-0.3, -0.25) is 5.41 Å². The van der Waals surface area contributed by atoms with Crippen LogP contribution in [0.25, 0.3) is 0 Å². The zero-order valence-electron chi connectivity index (χ0n) is 8.20. The first-order valence-corrected chi connectivity index (χ1v) is 4.13. The summed E-state index contributed by atoms with van der Waals surface area (Å²) >= 11 is 0. The molecule has 0 aliphatic heterocycles. The molecule has 0 saturated heterocycles. The quantitative estimate of drug-likeness (QED) is 0.440. The molecule has 3 N–H and O–H groups in total. The highest BCUT2D eigenvalue weighted by atomic mass is 19.4. The third kappa shape index (κ3) is 5.20. The molecule has 0 aliphatic rings. The number of amidine groups is 1. The molecule has 0 aromatic carbocycles. The summed E-state index contributed by atoms with van der Waals surface area (Å²) in [7, 11) is 0. The van der Waals surface area contributed by atoms with Gasteiger partial charge in [-0.2, -0.15) is 22.0 Å². The van der Waals surface area contributed by atoms with Crippen LogP contribution in [-0.4, -0.2) is 37.6 Å². The van der Waals surface area contributed by atoms with Gasteiger partial charge in [0.05, 0.1) is 6.61 Å². The van der Waals surface area contributed by atoms with Crippen LogP contribution in [0.5, 0.6) is 0 Å². The fraction of sp³-hybridized carbons (Fsp3) is 0.857. The number of rotatable bonds is 6. The molecule has 0 fully saturated rings. The number of ether oxygens (including phenoxy) is 1. The summed E-state index contributed by atoms with van der Waals surface area (Å²) in [5, 5.41) is 6.57. The van der Waals surface area contributed by atoms with Gasteiger partial charge in [-0.1, -0.05) is 0 Å². The van der Waals surface area contributed by atoms with Crippen LogP contribution in [0.1, 0.15) is 0 Å². The number of hydrogen-bond acceptors (Lipinski definition) is 2. The van der Waals surface area contributed by atoms with E-state index >= 15 is 0 Å². The molecule has 17 heavy (non-hydrogen) atoms. The van der Waals surface area contributed by atoms with Crippen molar-refractivity contribution in [1.29, 1.82) is 5.41 Å². The predicted octanol–water partition coefficient (Wildman–Crippen LogP) is 2.02. The van der Waals surface area contributed by atoms with Gasteiger partial charge in [0.2, 0.25) is 0 Å². The van der Waals surface area contributed by atoms with Crippen LogP contribution in [-0.2, 0) is 4.74 Å². The van der Waals surface area contributed by atoms with Crippen molar-refractivity contribution in [3.8, 4) is 0 Å². The molecule has 3 nitrogen and oxygen atoms in total. The maximum absolute atomic E-state index is 12.3. The van der Waals surface area contributed by atoms with E-state index in [9.17, 15) is 30.7 Å². The molecule has 0 aromatic heterocycles. The molecule has 10 heteroatoms. The van der Waals surface area contributed by atoms with E-state index in [2.05, 4.69) is 10.5 Å². The lowest BCUT2D eigenvalue weighted by Crippen LogP contribution is -2.40. The molecular weight excluding hydrogens is 261 g/mol. The molecule has 102 valence electrons. The zero-order valence-corrected chi connectivity index (χ0v) is 8.20. The standard InChI is InChI=1S/C7H9F7N2O/c8-5(9)6(10,11)2-17-1-3(4(15)16)7(12,13)14/h3,5H,1-2H2,(H3,15,16). The maximum atomic E-state index is 12.3. The third-order valence-corrected chi connectivity index (χ3v) is 1.67. The molecule has 0 rings (SSSR count). The Morgan fingerprint density at radius 3 is 1.94 bits per heavy atom. The lowest BCUT2D eigenvalue weighted by Gasteiger charge is -2.21. The second-order valence-corrected chi connectivity index (χ2v) is 3.13. The predicted molar refractivity (Wildman–Crippen MR) is 43.2 cm³/mol. The van der Waals surface area contributed by atoms with Crippen molar-refractivity contribution in [1.82, 2.24) is 0 Å². The Morgan fingerprint density at radius 1 is 1.18 bits per heavy atom. The van der Waals surface area contributed by atoms with E-state index in [1.807, 2.05) is 0 Å². The third-order valence-electron chi connectivity index (χ3n) is 1.67. The van der Waals surface area contributed by atoms with Crippen molar-refractivity contribution in [2.24, 2.45) is 11.7 Å². The normalized spacial score (nSPS) is 15.1. The van der Waals surface area contributed by atoms with E-state index in [4.69, 9.17) is 5.41 Å². The van der Waals surface area contributed by atoms with Gasteiger partial charge < -0.3 is 10.5 Å². The van der Waals surface area contributed by atoms with Gasteiger partial charge in [0.1, 0.15) is 18.4 Å². The van der Waals surface area contributed by atoms with Crippen molar-refractivity contribution in [2.75, 3.05) is 13.2 Å². The average molecular weight is 270 g/mol. The van der Waals surface area contributed by atoms with E-state index in [1.165, 1.54) is 0 Å². The van der Waals surface area contributed by atoms with Gasteiger partial charge in [-0.15, -0.1) is 0 Å². The summed E-state index contributed by atoms with van der Waals surface area (Å²) in [5.41, 5.74) is 4.58. The molecule has 0 aliphatic carbocycles. The van der Waals surface area contributed by atoms with Crippen LogP contribution in [0, 0.1) is 11.3 Å². The SMILES string of the molecule is N=C(N)C(COCC(F)(F)C(F)F)C(F)(F)F. The minimum absolute atomic E-state index is 1.34. The summed E-state index contributed by atoms with van der Waals surface area (Å²) in [6.45, 7) is -3.27. The number of hydrogen-bond donors (Lipinski definition) is 2. The van der Waals surface area contributed by atoms with Gasteiger partial charge in [0.25, 0.3) is 0 Å². The summed E-state index contributed by atoms with van der Waals surface area (Å²) < 4.78 is 87.9. The molecule has 0 radical (unpaired) electrons. The fourth-order valence-corrected chi connectivity index (χ4v) is 0.736. The van der Waals surface area contributed by atoms with Gasteiger partial charge in [0, 0.05) is 0 Å². The lowest BCUT2D eigenvalue weighted by atomic mass is 10.1. The molecule has 0 heterocycles. The van der Waals surface area contributed by atoms with Crippen molar-refractivity contribution in [2.45, 2.75) is 18.5 Å². The topological polar surface area (TPSA) is 59.1 Å². The van der Waals surface area contributed by atoms with E-state index in [-0.39, 0.29) is 0 Å². The Bertz CT molecular complexity index is 265. The summed E-state index contributed by atoms with van der Waals surface area (Å²) in [4.78, 5) is 0. The number of halogens is 7. The second kappa shape index (κ2) is 5.52. The van der Waals surface area contributed by atoms with Gasteiger partial charge in [-0.25, -0.2) is 8.78 Å². The highest BCUT2D eigenvalue weighted by Gasteiger charge is 2.44. The summed E-state index contributed by atoms with van der Waals surface area (Å²) in [6, 6.07) is 0. The Kier molecular flexibility index (Phi) is 5.17. The Balaban J connectivity index is 4.31. The van der Waals surface area contributed by atoms with E-state index in [0.29, 0.717) is 0 Å². The molecule has 0 bridgehead atoms. The van der Waals surface area contributed by atoms with Crippen LogP contribution < -0.4 is 5.73 Å². The number of nitrogens with one attached hydrogen (secondary N) is 1. The van der Waals surface area contributed by atoms with Crippen LogP contribution in [0.3, 0.4) is 0 Å². The maximum Gasteiger partial charge on any atom is 0.400 e. The molecule has 1 unspecified atom stereocenters. The highest BCUT2D eigenvalue weighted by Crippen LogP contribution is 2.28. The van der Waals surface area contributed by atoms with Crippen LogP contribution in [0.15, 0.2) is 0 Å². The highest BCUT2D eigenvalue weighted by molar-refractivity contribution is 5.80. The van der Waals surface area contributed by atoms with Gasteiger partial charge >= 0.3 is 18.5 Å². The summed E-state index contributed by atoms with van der Waals surface area (Å²) in [5.74, 6) is -8.46. The molecule has 1 atom stereocenters. The molecular formula is C7H9F7N2O. The van der Waals surface area contributed by atoms with Gasteiger partial charge in [-0.05, 0) is 0 Å². The molecule has 0 amide bonds. The second-order valence-electron chi connectivity index (χ2n) is 3.13. The van der Waals surface area contributed by atoms with Gasteiger partial charge in [0.15, 0.2) is 0 Å². The van der Waals surface area contributed by atoms with Crippen molar-refractivity contribution in [3.63, 3.8) is 0 Å². The largest absolute Gasteiger partial charge is 0.400 e. The monoisotopic (exact) mass is 270 g/mol.